The zero-order chi connectivity index (χ0) is 16.4. The first kappa shape index (κ1) is 16.3. The van der Waals surface area contributed by atoms with Gasteiger partial charge >= 0.3 is 0 Å². The van der Waals surface area contributed by atoms with Crippen molar-refractivity contribution in [3.8, 4) is 0 Å². The van der Waals surface area contributed by atoms with Crippen LogP contribution in [0.5, 0.6) is 0 Å². The van der Waals surface area contributed by atoms with Crippen molar-refractivity contribution in [1.82, 2.24) is 9.21 Å². The third kappa shape index (κ3) is 3.36. The van der Waals surface area contributed by atoms with Gasteiger partial charge in [-0.05, 0) is 19.1 Å². The van der Waals surface area contributed by atoms with E-state index in [1.165, 1.54) is 21.9 Å². The zero-order valence-electron chi connectivity index (χ0n) is 12.7. The maximum Gasteiger partial charge on any atom is 0.292 e. The van der Waals surface area contributed by atoms with E-state index >= 15 is 0 Å². The lowest BCUT2D eigenvalue weighted by Gasteiger charge is -2.34. The lowest BCUT2D eigenvalue weighted by atomic mass is 10.3. The molecule has 3 heterocycles. The van der Waals surface area contributed by atoms with Crippen LogP contribution in [0.2, 0.25) is 0 Å². The smallest absolute Gasteiger partial charge is 0.292 e. The maximum absolute atomic E-state index is 12.6. The fourth-order valence-corrected chi connectivity index (χ4v) is 5.31. The van der Waals surface area contributed by atoms with Gasteiger partial charge in [-0.25, -0.2) is 8.42 Å². The summed E-state index contributed by atoms with van der Waals surface area (Å²) in [7, 11) is -3.47. The molecule has 0 unspecified atom stereocenters. The minimum atomic E-state index is -3.47. The Bertz CT molecular complexity index is 717. The van der Waals surface area contributed by atoms with Crippen molar-refractivity contribution < 1.29 is 22.7 Å². The highest BCUT2D eigenvalue weighted by molar-refractivity contribution is 7.91. The summed E-state index contributed by atoms with van der Waals surface area (Å²) in [6, 6.07) is 3.43. The molecule has 3 rings (SSSR count). The van der Waals surface area contributed by atoms with Gasteiger partial charge in [-0.3, -0.25) is 4.79 Å². The van der Waals surface area contributed by atoms with Crippen LogP contribution in [0, 0.1) is 6.92 Å². The molecule has 9 heteroatoms. The standard InChI is InChI=1S/C14H18N2O5S2/c1-11-2-3-13(22-11)23(18,19)16-6-4-15(5-7-16)14(17)12-10-20-8-9-21-12/h2-3,10H,4-9H2,1H3. The number of hydrogen-bond donors (Lipinski definition) is 0. The van der Waals surface area contributed by atoms with Crippen molar-refractivity contribution in [3.63, 3.8) is 0 Å². The van der Waals surface area contributed by atoms with Gasteiger partial charge in [-0.2, -0.15) is 4.31 Å². The molecule has 7 nitrogen and oxygen atoms in total. The molecule has 1 aromatic heterocycles. The highest BCUT2D eigenvalue weighted by Gasteiger charge is 2.32. The Morgan fingerprint density at radius 1 is 1.17 bits per heavy atom. The van der Waals surface area contributed by atoms with E-state index < -0.39 is 10.0 Å². The summed E-state index contributed by atoms with van der Waals surface area (Å²) in [6.07, 6.45) is 1.32. The Hall–Kier alpha value is -1.58. The summed E-state index contributed by atoms with van der Waals surface area (Å²) in [5.74, 6) is -0.0739. The molecule has 0 aliphatic carbocycles. The molecule has 0 bridgehead atoms. The van der Waals surface area contributed by atoms with Gasteiger partial charge in [0.2, 0.25) is 5.76 Å². The third-order valence-electron chi connectivity index (χ3n) is 3.70. The van der Waals surface area contributed by atoms with E-state index in [-0.39, 0.29) is 24.8 Å². The van der Waals surface area contributed by atoms with Crippen molar-refractivity contribution in [2.45, 2.75) is 11.1 Å². The molecule has 0 spiro atoms. The van der Waals surface area contributed by atoms with E-state index in [0.29, 0.717) is 30.5 Å². The molecule has 2 aliphatic rings. The first-order valence-corrected chi connectivity index (χ1v) is 9.54. The van der Waals surface area contributed by atoms with Crippen molar-refractivity contribution >= 4 is 27.3 Å². The van der Waals surface area contributed by atoms with Gasteiger partial charge < -0.3 is 14.4 Å². The molecule has 0 saturated carbocycles. The van der Waals surface area contributed by atoms with Gasteiger partial charge in [0.1, 0.15) is 23.7 Å². The van der Waals surface area contributed by atoms with Crippen molar-refractivity contribution in [2.75, 3.05) is 39.4 Å². The van der Waals surface area contributed by atoms with Crippen LogP contribution in [-0.2, 0) is 24.3 Å². The van der Waals surface area contributed by atoms with Crippen LogP contribution in [0.15, 0.2) is 28.4 Å². The maximum atomic E-state index is 12.6. The highest BCUT2D eigenvalue weighted by Crippen LogP contribution is 2.25. The summed E-state index contributed by atoms with van der Waals surface area (Å²) in [5.41, 5.74) is 0. The van der Waals surface area contributed by atoms with E-state index in [9.17, 15) is 13.2 Å². The van der Waals surface area contributed by atoms with Gasteiger partial charge in [-0.15, -0.1) is 11.3 Å². The van der Waals surface area contributed by atoms with Gasteiger partial charge in [0.25, 0.3) is 15.9 Å². The number of thiophene rings is 1. The third-order valence-corrected chi connectivity index (χ3v) is 7.06. The van der Waals surface area contributed by atoms with E-state index in [1.54, 1.807) is 17.0 Å². The van der Waals surface area contributed by atoms with Gasteiger partial charge in [-0.1, -0.05) is 0 Å². The molecule has 0 aromatic carbocycles. The Kier molecular flexibility index (Phi) is 4.60. The van der Waals surface area contributed by atoms with E-state index in [2.05, 4.69) is 0 Å². The van der Waals surface area contributed by atoms with Gasteiger partial charge in [0.05, 0.1) is 0 Å². The second-order valence-electron chi connectivity index (χ2n) is 5.26. The van der Waals surface area contributed by atoms with Crippen LogP contribution in [-0.4, -0.2) is 62.9 Å². The number of carbonyl (C=O) groups is 1. The topological polar surface area (TPSA) is 76.2 Å². The Balaban J connectivity index is 1.64. The van der Waals surface area contributed by atoms with E-state index in [0.717, 1.165) is 4.88 Å². The van der Waals surface area contributed by atoms with Crippen molar-refractivity contribution in [2.24, 2.45) is 0 Å². The second kappa shape index (κ2) is 6.50. The Morgan fingerprint density at radius 3 is 2.48 bits per heavy atom. The molecule has 1 fully saturated rings. The number of hydrogen-bond acceptors (Lipinski definition) is 6. The van der Waals surface area contributed by atoms with Crippen LogP contribution >= 0.6 is 11.3 Å². The number of carbonyl (C=O) groups excluding carboxylic acids is 1. The first-order chi connectivity index (χ1) is 11.0. The summed E-state index contributed by atoms with van der Waals surface area (Å²) >= 11 is 1.26. The van der Waals surface area contributed by atoms with Crippen LogP contribution < -0.4 is 0 Å². The lowest BCUT2D eigenvalue weighted by molar-refractivity contribution is -0.133. The number of aryl methyl sites for hydroxylation is 1. The lowest BCUT2D eigenvalue weighted by Crippen LogP contribution is -2.51. The molecule has 2 aliphatic heterocycles. The molecule has 1 amide bonds. The molecule has 1 aromatic rings. The number of rotatable bonds is 3. The van der Waals surface area contributed by atoms with E-state index in [1.807, 2.05) is 6.92 Å². The summed E-state index contributed by atoms with van der Waals surface area (Å²) < 4.78 is 37.2. The normalized spacial score (nSPS) is 19.7. The quantitative estimate of drug-likeness (QED) is 0.798. The minimum absolute atomic E-state index is 0.182. The largest absolute Gasteiger partial charge is 0.494 e. The van der Waals surface area contributed by atoms with Gasteiger partial charge in [0, 0.05) is 31.1 Å². The summed E-state index contributed by atoms with van der Waals surface area (Å²) in [4.78, 5) is 14.8. The number of nitrogens with zero attached hydrogens (tertiary/aromatic N) is 2. The Morgan fingerprint density at radius 2 is 1.91 bits per heavy atom. The Labute approximate surface area is 139 Å². The molecule has 0 N–H and O–H groups in total. The fraction of sp³-hybridized carbons (Fsp3) is 0.500. The molecule has 1 saturated heterocycles. The highest BCUT2D eigenvalue weighted by atomic mass is 32.2. The average Bonchev–Trinajstić information content (AvgIpc) is 3.02. The first-order valence-electron chi connectivity index (χ1n) is 7.29. The molecule has 126 valence electrons. The van der Waals surface area contributed by atoms with Crippen LogP contribution in [0.3, 0.4) is 0 Å². The van der Waals surface area contributed by atoms with Gasteiger partial charge in [0.15, 0.2) is 0 Å². The van der Waals surface area contributed by atoms with Crippen molar-refractivity contribution in [3.05, 3.63) is 29.0 Å². The SMILES string of the molecule is Cc1ccc(S(=O)(=O)N2CCN(C(=O)C3=COCCO3)CC2)s1. The van der Waals surface area contributed by atoms with E-state index in [4.69, 9.17) is 9.47 Å². The zero-order valence-corrected chi connectivity index (χ0v) is 14.4. The average molecular weight is 358 g/mol. The predicted molar refractivity (Wildman–Crippen MR) is 84.4 cm³/mol. The molecule has 23 heavy (non-hydrogen) atoms. The molecule has 0 radical (unpaired) electrons. The molecule has 0 atom stereocenters. The number of sulfonamides is 1. The number of amides is 1. The van der Waals surface area contributed by atoms with Crippen LogP contribution in [0.25, 0.3) is 0 Å². The number of ether oxygens (including phenoxy) is 2. The minimum Gasteiger partial charge on any atom is -0.494 e. The van der Waals surface area contributed by atoms with Crippen molar-refractivity contribution in [1.29, 1.82) is 0 Å². The molecular formula is C14H18N2O5S2. The fourth-order valence-electron chi connectivity index (χ4n) is 2.45. The predicted octanol–water partition coefficient (Wildman–Crippen LogP) is 0.778. The second-order valence-corrected chi connectivity index (χ2v) is 8.72. The summed E-state index contributed by atoms with van der Waals surface area (Å²) in [6.45, 7) is 3.89. The van der Waals surface area contributed by atoms with Crippen LogP contribution in [0.1, 0.15) is 4.88 Å². The molecular weight excluding hydrogens is 340 g/mol. The number of piperazine rings is 1. The summed E-state index contributed by atoms with van der Waals surface area (Å²) in [5, 5.41) is 0. The monoisotopic (exact) mass is 358 g/mol. The van der Waals surface area contributed by atoms with Crippen LogP contribution in [0.4, 0.5) is 0 Å².